The number of carbonyl (C=O) groups excluding carboxylic acids is 1. The molecule has 0 aliphatic rings. The third kappa shape index (κ3) is 11.5. The Morgan fingerprint density at radius 3 is 2.31 bits per heavy atom. The van der Waals surface area contributed by atoms with Crippen LogP contribution in [0.25, 0.3) is 0 Å². The van der Waals surface area contributed by atoms with Crippen molar-refractivity contribution < 1.29 is 9.53 Å². The summed E-state index contributed by atoms with van der Waals surface area (Å²) < 4.78 is 4.98. The van der Waals surface area contributed by atoms with E-state index >= 15 is 0 Å². The van der Waals surface area contributed by atoms with E-state index in [2.05, 4.69) is 5.32 Å². The number of amides is 1. The Bertz CT molecular complexity index is 155. The van der Waals surface area contributed by atoms with Crippen LogP contribution in [0.5, 0.6) is 0 Å². The van der Waals surface area contributed by atoms with Gasteiger partial charge in [-0.05, 0) is 27.7 Å². The Labute approximate surface area is 85.6 Å². The van der Waals surface area contributed by atoms with Crippen molar-refractivity contribution in [3.63, 3.8) is 0 Å². The molecule has 0 aliphatic carbocycles. The van der Waals surface area contributed by atoms with Crippen LogP contribution in [0.4, 0.5) is 4.79 Å². The number of hydrogen-bond acceptors (Lipinski definition) is 3. The summed E-state index contributed by atoms with van der Waals surface area (Å²) in [4.78, 5) is 11.0. The van der Waals surface area contributed by atoms with Crippen molar-refractivity contribution in [2.45, 2.75) is 39.3 Å². The molecule has 0 bridgehead atoms. The molecular weight excluding hydrogens is 192 g/mol. The van der Waals surface area contributed by atoms with Gasteiger partial charge in [0, 0.05) is 12.6 Å². The zero-order valence-corrected chi connectivity index (χ0v) is 9.40. The Morgan fingerprint density at radius 1 is 1.54 bits per heavy atom. The van der Waals surface area contributed by atoms with Crippen LogP contribution in [0.15, 0.2) is 0 Å². The summed E-state index contributed by atoms with van der Waals surface area (Å²) in [5.74, 6) is 0. The summed E-state index contributed by atoms with van der Waals surface area (Å²) in [6.45, 7) is 7.71. The Hall–Kier alpha value is -0.480. The highest BCUT2D eigenvalue weighted by atomic mass is 35.5. The molecule has 0 aromatic rings. The number of halogens is 1. The average molecular weight is 211 g/mol. The van der Waals surface area contributed by atoms with Gasteiger partial charge in [-0.1, -0.05) is 0 Å². The molecule has 4 nitrogen and oxygen atoms in total. The molecule has 0 saturated carbocycles. The minimum atomic E-state index is -0.443. The lowest BCUT2D eigenvalue weighted by Crippen LogP contribution is -2.38. The predicted molar refractivity (Wildman–Crippen MR) is 55.1 cm³/mol. The molecule has 1 atom stereocenters. The summed E-state index contributed by atoms with van der Waals surface area (Å²) >= 11 is 0. The van der Waals surface area contributed by atoms with Gasteiger partial charge in [-0.25, -0.2) is 4.79 Å². The third-order valence-electron chi connectivity index (χ3n) is 0.967. The second-order valence-electron chi connectivity index (χ2n) is 3.86. The fourth-order valence-electron chi connectivity index (χ4n) is 0.558. The highest BCUT2D eigenvalue weighted by Crippen LogP contribution is 2.05. The number of nitrogens with one attached hydrogen (secondary N) is 1. The highest BCUT2D eigenvalue weighted by molar-refractivity contribution is 5.85. The van der Waals surface area contributed by atoms with Crippen LogP contribution in [-0.4, -0.2) is 24.3 Å². The van der Waals surface area contributed by atoms with Crippen LogP contribution in [0, 0.1) is 0 Å². The van der Waals surface area contributed by atoms with E-state index in [1.165, 1.54) is 0 Å². The van der Waals surface area contributed by atoms with E-state index in [0.29, 0.717) is 6.54 Å². The van der Waals surface area contributed by atoms with Gasteiger partial charge in [-0.3, -0.25) is 0 Å². The Morgan fingerprint density at radius 2 is 2.00 bits per heavy atom. The van der Waals surface area contributed by atoms with Crippen LogP contribution in [0.3, 0.4) is 0 Å². The summed E-state index contributed by atoms with van der Waals surface area (Å²) in [6, 6.07) is -0.0440. The van der Waals surface area contributed by atoms with Crippen LogP contribution >= 0.6 is 12.4 Å². The SMILES string of the molecule is C[C@@H](N)CNC(=O)OC(C)(C)C.Cl. The van der Waals surface area contributed by atoms with E-state index in [0.717, 1.165) is 0 Å². The van der Waals surface area contributed by atoms with Crippen molar-refractivity contribution in [2.24, 2.45) is 5.73 Å². The maximum atomic E-state index is 11.0. The molecule has 0 saturated heterocycles. The minimum absolute atomic E-state index is 0. The van der Waals surface area contributed by atoms with Crippen molar-refractivity contribution in [1.29, 1.82) is 0 Å². The maximum absolute atomic E-state index is 11.0. The molecule has 1 amide bonds. The second-order valence-corrected chi connectivity index (χ2v) is 3.86. The zero-order valence-electron chi connectivity index (χ0n) is 8.59. The van der Waals surface area contributed by atoms with Crippen molar-refractivity contribution in [1.82, 2.24) is 5.32 Å². The standard InChI is InChI=1S/C8H18N2O2.ClH/c1-6(9)5-10-7(11)12-8(2,3)4;/h6H,5,9H2,1-4H3,(H,10,11);1H/t6-;/m1./s1. The van der Waals surface area contributed by atoms with Crippen molar-refractivity contribution in [3.8, 4) is 0 Å². The van der Waals surface area contributed by atoms with Crippen molar-refractivity contribution in [2.75, 3.05) is 6.54 Å². The van der Waals surface area contributed by atoms with Crippen LogP contribution < -0.4 is 11.1 Å². The first-order valence-corrected chi connectivity index (χ1v) is 4.03. The van der Waals surface area contributed by atoms with Gasteiger partial charge in [0.2, 0.25) is 0 Å². The van der Waals surface area contributed by atoms with E-state index in [4.69, 9.17) is 10.5 Å². The molecule has 0 rings (SSSR count). The van der Waals surface area contributed by atoms with Crippen LogP contribution in [0.2, 0.25) is 0 Å². The third-order valence-corrected chi connectivity index (χ3v) is 0.967. The Kier molecular flexibility index (Phi) is 6.98. The number of rotatable bonds is 2. The predicted octanol–water partition coefficient (Wildman–Crippen LogP) is 1.28. The van der Waals surface area contributed by atoms with Gasteiger partial charge in [-0.2, -0.15) is 0 Å². The molecule has 0 spiro atoms. The molecule has 0 fully saturated rings. The minimum Gasteiger partial charge on any atom is -0.444 e. The molecule has 0 unspecified atom stereocenters. The molecule has 5 heteroatoms. The second kappa shape index (κ2) is 6.05. The number of carbonyl (C=O) groups is 1. The monoisotopic (exact) mass is 210 g/mol. The first kappa shape index (κ1) is 15.0. The first-order chi connectivity index (χ1) is 5.31. The van der Waals surface area contributed by atoms with Gasteiger partial charge in [0.15, 0.2) is 0 Å². The summed E-state index contributed by atoms with van der Waals surface area (Å²) in [7, 11) is 0. The van der Waals surface area contributed by atoms with E-state index in [1.54, 1.807) is 0 Å². The largest absolute Gasteiger partial charge is 0.444 e. The fraction of sp³-hybridized carbons (Fsp3) is 0.875. The number of nitrogens with two attached hydrogens (primary N) is 1. The number of hydrogen-bond donors (Lipinski definition) is 2. The van der Waals surface area contributed by atoms with Crippen LogP contribution in [-0.2, 0) is 4.74 Å². The lowest BCUT2D eigenvalue weighted by molar-refractivity contribution is 0.0525. The van der Waals surface area contributed by atoms with Gasteiger partial charge in [0.05, 0.1) is 0 Å². The molecule has 13 heavy (non-hydrogen) atoms. The summed E-state index contributed by atoms with van der Waals surface area (Å²) in [6.07, 6.45) is -0.417. The molecule has 3 N–H and O–H groups in total. The lowest BCUT2D eigenvalue weighted by atomic mass is 10.2. The van der Waals surface area contributed by atoms with Gasteiger partial charge in [-0.15, -0.1) is 12.4 Å². The van der Waals surface area contributed by atoms with Gasteiger partial charge in [0.1, 0.15) is 5.60 Å². The van der Waals surface area contributed by atoms with E-state index in [9.17, 15) is 4.79 Å². The van der Waals surface area contributed by atoms with E-state index in [1.807, 2.05) is 27.7 Å². The highest BCUT2D eigenvalue weighted by Gasteiger charge is 2.15. The topological polar surface area (TPSA) is 64.3 Å². The number of alkyl carbamates (subject to hydrolysis) is 1. The van der Waals surface area contributed by atoms with Gasteiger partial charge in [0.25, 0.3) is 0 Å². The maximum Gasteiger partial charge on any atom is 0.407 e. The molecule has 0 aliphatic heterocycles. The molecular formula is C8H19ClN2O2. The quantitative estimate of drug-likeness (QED) is 0.722. The van der Waals surface area contributed by atoms with Crippen molar-refractivity contribution >= 4 is 18.5 Å². The Balaban J connectivity index is 0. The van der Waals surface area contributed by atoms with E-state index in [-0.39, 0.29) is 18.4 Å². The molecule has 0 heterocycles. The van der Waals surface area contributed by atoms with E-state index < -0.39 is 11.7 Å². The fourth-order valence-corrected chi connectivity index (χ4v) is 0.558. The smallest absolute Gasteiger partial charge is 0.407 e. The van der Waals surface area contributed by atoms with Gasteiger partial charge >= 0.3 is 6.09 Å². The first-order valence-electron chi connectivity index (χ1n) is 4.03. The number of ether oxygens (including phenoxy) is 1. The molecule has 80 valence electrons. The van der Waals surface area contributed by atoms with Gasteiger partial charge < -0.3 is 15.8 Å². The normalized spacial score (nSPS) is 12.7. The zero-order chi connectivity index (χ0) is 9.78. The molecule has 0 aromatic heterocycles. The average Bonchev–Trinajstić information content (AvgIpc) is 1.79. The summed E-state index contributed by atoms with van der Waals surface area (Å²) in [5, 5.41) is 2.55. The van der Waals surface area contributed by atoms with Crippen molar-refractivity contribution in [3.05, 3.63) is 0 Å². The summed E-state index contributed by atoms with van der Waals surface area (Å²) in [5.41, 5.74) is 4.99. The molecule has 0 radical (unpaired) electrons. The van der Waals surface area contributed by atoms with Crippen LogP contribution in [0.1, 0.15) is 27.7 Å². The molecule has 0 aromatic carbocycles. The lowest BCUT2D eigenvalue weighted by Gasteiger charge is -2.20.